The van der Waals surface area contributed by atoms with Gasteiger partial charge in [-0.25, -0.2) is 18.0 Å². The molecule has 0 N–H and O–H groups in total. The molecule has 2 aliphatic heterocycles. The van der Waals surface area contributed by atoms with Crippen LogP contribution in [0.1, 0.15) is 49.8 Å². The van der Waals surface area contributed by atoms with Gasteiger partial charge < -0.3 is 9.80 Å². The van der Waals surface area contributed by atoms with Gasteiger partial charge in [0.1, 0.15) is 5.82 Å². The Hall–Kier alpha value is -3.30. The first-order valence-electron chi connectivity index (χ1n) is 12.4. The van der Waals surface area contributed by atoms with Gasteiger partial charge in [0.15, 0.2) is 0 Å². The van der Waals surface area contributed by atoms with Crippen LogP contribution in [0.3, 0.4) is 0 Å². The Bertz CT molecular complexity index is 1170. The first-order valence-corrected chi connectivity index (χ1v) is 12.4. The van der Waals surface area contributed by atoms with E-state index in [9.17, 15) is 31.1 Å². The van der Waals surface area contributed by atoms with Crippen molar-refractivity contribution < 1.29 is 31.1 Å². The third-order valence-electron chi connectivity index (χ3n) is 6.61. The normalized spacial score (nSPS) is 21.2. The second-order valence-corrected chi connectivity index (χ2v) is 9.36. The Kier molecular flexibility index (Phi) is 8.94. The second-order valence-electron chi connectivity index (χ2n) is 9.36. The van der Waals surface area contributed by atoms with Crippen molar-refractivity contribution in [2.24, 2.45) is 10.9 Å². The van der Waals surface area contributed by atoms with E-state index in [-0.39, 0.29) is 24.9 Å². The number of alkyl halides is 5. The highest BCUT2D eigenvalue weighted by Gasteiger charge is 2.48. The van der Waals surface area contributed by atoms with Crippen LogP contribution in [0.25, 0.3) is 5.70 Å². The molecule has 2 aromatic rings. The third kappa shape index (κ3) is 6.96. The highest BCUT2D eigenvalue weighted by molar-refractivity contribution is 5.90. The van der Waals surface area contributed by atoms with Crippen LogP contribution in [0, 0.1) is 11.7 Å². The summed E-state index contributed by atoms with van der Waals surface area (Å²) in [6.45, 7) is 8.70. The number of likely N-dealkylation sites (tertiary alicyclic amines) is 2. The zero-order valence-electron chi connectivity index (χ0n) is 21.5. The van der Waals surface area contributed by atoms with Crippen molar-refractivity contribution in [1.29, 1.82) is 0 Å². The number of halogens is 6. The molecule has 2 unspecified atom stereocenters. The largest absolute Gasteiger partial charge is 0.416 e. The van der Waals surface area contributed by atoms with Gasteiger partial charge in [-0.15, -0.1) is 0 Å². The molecule has 2 aromatic carbocycles. The minimum absolute atomic E-state index is 0.181. The van der Waals surface area contributed by atoms with Gasteiger partial charge in [-0.2, -0.15) is 13.2 Å². The van der Waals surface area contributed by atoms with Gasteiger partial charge in [0.25, 0.3) is 5.92 Å². The number of urea groups is 1. The SMILES string of the molecule is C=C(N=C(C)C1CC(c2ccc(C(F)(F)F)cc2)CN(C(=O)N2CC(F)(F)C2)C1)c1cccc(F)c1.CC. The Morgan fingerprint density at radius 2 is 1.66 bits per heavy atom. The number of hydrogen-bond acceptors (Lipinski definition) is 2. The average Bonchev–Trinajstić information content (AvgIpc) is 2.87. The Morgan fingerprint density at radius 1 is 1.03 bits per heavy atom. The van der Waals surface area contributed by atoms with Crippen molar-refractivity contribution >= 4 is 17.4 Å². The molecule has 0 aromatic heterocycles. The summed E-state index contributed by atoms with van der Waals surface area (Å²) in [5.41, 5.74) is 1.24. The lowest BCUT2D eigenvalue weighted by atomic mass is 9.82. The van der Waals surface area contributed by atoms with E-state index in [0.717, 1.165) is 17.0 Å². The number of hydrogen-bond donors (Lipinski definition) is 0. The molecule has 2 heterocycles. The van der Waals surface area contributed by atoms with E-state index in [1.165, 1.54) is 35.2 Å². The first kappa shape index (κ1) is 29.3. The van der Waals surface area contributed by atoms with Crippen LogP contribution in [0.2, 0.25) is 0 Å². The number of nitrogens with zero attached hydrogens (tertiary/aromatic N) is 3. The van der Waals surface area contributed by atoms with Crippen LogP contribution < -0.4 is 0 Å². The smallest absolute Gasteiger partial charge is 0.323 e. The second kappa shape index (κ2) is 11.6. The maximum Gasteiger partial charge on any atom is 0.416 e. The summed E-state index contributed by atoms with van der Waals surface area (Å²) in [6, 6.07) is 10.00. The van der Waals surface area contributed by atoms with Crippen molar-refractivity contribution in [3.63, 3.8) is 0 Å². The number of rotatable bonds is 4. The van der Waals surface area contributed by atoms with Crippen molar-refractivity contribution in [3.05, 3.63) is 77.6 Å². The number of carbonyl (C=O) groups excluding carboxylic acids is 1. The molecule has 2 aliphatic rings. The minimum atomic E-state index is -4.47. The topological polar surface area (TPSA) is 35.9 Å². The molecule has 2 atom stereocenters. The van der Waals surface area contributed by atoms with E-state index < -0.39 is 42.6 Å². The molecular formula is C28H31F6N3O. The maximum absolute atomic E-state index is 13.6. The Labute approximate surface area is 218 Å². The van der Waals surface area contributed by atoms with E-state index >= 15 is 0 Å². The van der Waals surface area contributed by atoms with Crippen molar-refractivity contribution in [3.8, 4) is 0 Å². The molecule has 206 valence electrons. The fourth-order valence-electron chi connectivity index (χ4n) is 4.63. The van der Waals surface area contributed by atoms with Crippen molar-refractivity contribution in [1.82, 2.24) is 9.80 Å². The summed E-state index contributed by atoms with van der Waals surface area (Å²) in [5.74, 6) is -3.99. The molecule has 2 fully saturated rings. The zero-order valence-corrected chi connectivity index (χ0v) is 21.5. The highest BCUT2D eigenvalue weighted by Crippen LogP contribution is 2.36. The standard InChI is InChI=1S/C26H25F6N3O.C2H6/c1-16(19-4-3-5-23(27)11-19)33-17(2)20-10-21(18-6-8-22(9-7-18)26(30,31)32)13-34(12-20)24(36)35-14-25(28,29)15-35;1-2/h3-9,11,20-21H,1,10,12-15H2,2H3;1-2H3. The van der Waals surface area contributed by atoms with Crippen LogP contribution in [-0.2, 0) is 6.18 Å². The van der Waals surface area contributed by atoms with E-state index in [4.69, 9.17) is 0 Å². The number of carbonyl (C=O) groups is 1. The monoisotopic (exact) mass is 539 g/mol. The molecule has 0 saturated carbocycles. The Morgan fingerprint density at radius 3 is 2.21 bits per heavy atom. The number of benzene rings is 2. The van der Waals surface area contributed by atoms with Crippen LogP contribution in [0.5, 0.6) is 0 Å². The number of amides is 2. The van der Waals surface area contributed by atoms with Gasteiger partial charge in [0.05, 0.1) is 24.4 Å². The van der Waals surface area contributed by atoms with E-state index in [2.05, 4.69) is 11.6 Å². The van der Waals surface area contributed by atoms with Crippen LogP contribution >= 0.6 is 0 Å². The summed E-state index contributed by atoms with van der Waals surface area (Å²) in [5, 5.41) is 0. The predicted molar refractivity (Wildman–Crippen MR) is 136 cm³/mol. The molecule has 2 saturated heterocycles. The van der Waals surface area contributed by atoms with E-state index in [1.807, 2.05) is 13.8 Å². The molecule has 0 radical (unpaired) electrons. The maximum atomic E-state index is 13.6. The summed E-state index contributed by atoms with van der Waals surface area (Å²) in [7, 11) is 0. The van der Waals surface area contributed by atoms with E-state index in [1.54, 1.807) is 13.0 Å². The van der Waals surface area contributed by atoms with E-state index in [0.29, 0.717) is 29.0 Å². The van der Waals surface area contributed by atoms with Gasteiger partial charge in [0, 0.05) is 36.2 Å². The lowest BCUT2D eigenvalue weighted by molar-refractivity contribution is -0.137. The molecular weight excluding hydrogens is 508 g/mol. The molecule has 0 aliphatic carbocycles. The van der Waals surface area contributed by atoms with Crippen LogP contribution in [0.15, 0.2) is 60.1 Å². The molecule has 38 heavy (non-hydrogen) atoms. The molecule has 10 heteroatoms. The summed E-state index contributed by atoms with van der Waals surface area (Å²) in [6.07, 6.45) is -3.99. The summed E-state index contributed by atoms with van der Waals surface area (Å²) < 4.78 is 79.4. The van der Waals surface area contributed by atoms with Crippen molar-refractivity contribution in [2.75, 3.05) is 26.2 Å². The summed E-state index contributed by atoms with van der Waals surface area (Å²) in [4.78, 5) is 20.0. The average molecular weight is 540 g/mol. The Balaban J connectivity index is 0.00000195. The fourth-order valence-corrected chi connectivity index (χ4v) is 4.63. The van der Waals surface area contributed by atoms with Crippen LogP contribution in [-0.4, -0.2) is 53.6 Å². The fraction of sp³-hybridized carbons (Fsp3) is 0.429. The number of piperidine rings is 1. The third-order valence-corrected chi connectivity index (χ3v) is 6.61. The van der Waals surface area contributed by atoms with Gasteiger partial charge in [0.2, 0.25) is 0 Å². The lowest BCUT2D eigenvalue weighted by Crippen LogP contribution is -2.62. The van der Waals surface area contributed by atoms with Gasteiger partial charge >= 0.3 is 12.2 Å². The molecule has 0 spiro atoms. The molecule has 4 rings (SSSR count). The van der Waals surface area contributed by atoms with Crippen molar-refractivity contribution in [2.45, 2.75) is 45.2 Å². The molecule has 2 amide bonds. The van der Waals surface area contributed by atoms with Gasteiger partial charge in [-0.1, -0.05) is 44.7 Å². The molecule has 0 bridgehead atoms. The molecule has 4 nitrogen and oxygen atoms in total. The first-order chi connectivity index (χ1) is 17.8. The van der Waals surface area contributed by atoms with Gasteiger partial charge in [-0.05, 0) is 43.2 Å². The summed E-state index contributed by atoms with van der Waals surface area (Å²) >= 11 is 0. The highest BCUT2D eigenvalue weighted by atomic mass is 19.4. The lowest BCUT2D eigenvalue weighted by Gasteiger charge is -2.45. The predicted octanol–water partition coefficient (Wildman–Crippen LogP) is 7.48. The van der Waals surface area contributed by atoms with Crippen LogP contribution in [0.4, 0.5) is 31.1 Å². The zero-order chi connectivity index (χ0) is 28.3. The quantitative estimate of drug-likeness (QED) is 0.293. The van der Waals surface area contributed by atoms with Gasteiger partial charge in [-0.3, -0.25) is 4.99 Å². The minimum Gasteiger partial charge on any atom is -0.323 e. The number of aliphatic imine (C=N–C) groups is 1.